The highest BCUT2D eigenvalue weighted by Crippen LogP contribution is 2.27. The van der Waals surface area contributed by atoms with Crippen molar-refractivity contribution < 1.29 is 5.11 Å². The van der Waals surface area contributed by atoms with E-state index in [-0.39, 0.29) is 5.75 Å². The van der Waals surface area contributed by atoms with Crippen LogP contribution in [0.2, 0.25) is 5.02 Å². The monoisotopic (exact) mass is 241 g/mol. The molecular weight excluding hydrogens is 222 g/mol. The minimum atomic E-state index is 0.273. The van der Waals surface area contributed by atoms with Crippen LogP contribution in [0.1, 0.15) is 26.3 Å². The third-order valence-corrected chi connectivity index (χ3v) is 3.52. The molecule has 3 heteroatoms. The lowest BCUT2D eigenvalue weighted by Crippen LogP contribution is -2.32. The van der Waals surface area contributed by atoms with Crippen molar-refractivity contribution in [1.82, 2.24) is 4.90 Å². The third kappa shape index (κ3) is 3.13. The highest BCUT2D eigenvalue weighted by atomic mass is 35.5. The zero-order valence-electron chi connectivity index (χ0n) is 10.4. The van der Waals surface area contributed by atoms with Crippen molar-refractivity contribution in [2.45, 2.75) is 33.4 Å². The van der Waals surface area contributed by atoms with E-state index in [4.69, 9.17) is 11.6 Å². The summed E-state index contributed by atoms with van der Waals surface area (Å²) in [6, 6.07) is 5.70. The number of rotatable bonds is 4. The molecule has 1 N–H and O–H groups in total. The van der Waals surface area contributed by atoms with Crippen molar-refractivity contribution in [2.75, 3.05) is 7.05 Å². The average molecular weight is 242 g/mol. The highest BCUT2D eigenvalue weighted by molar-refractivity contribution is 6.31. The molecule has 0 aliphatic rings. The molecule has 16 heavy (non-hydrogen) atoms. The van der Waals surface area contributed by atoms with Crippen LogP contribution in [0.3, 0.4) is 0 Å². The zero-order valence-corrected chi connectivity index (χ0v) is 11.1. The van der Waals surface area contributed by atoms with Gasteiger partial charge in [0.1, 0.15) is 5.75 Å². The summed E-state index contributed by atoms with van der Waals surface area (Å²) in [5.41, 5.74) is 0.805. The fraction of sp³-hybridized carbons (Fsp3) is 0.538. The zero-order chi connectivity index (χ0) is 12.3. The molecule has 0 spiro atoms. The maximum Gasteiger partial charge on any atom is 0.121 e. The van der Waals surface area contributed by atoms with E-state index < -0.39 is 0 Å². The molecule has 0 amide bonds. The van der Waals surface area contributed by atoms with Crippen molar-refractivity contribution in [3.63, 3.8) is 0 Å². The lowest BCUT2D eigenvalue weighted by Gasteiger charge is -2.28. The molecule has 90 valence electrons. The molecule has 0 saturated heterocycles. The van der Waals surface area contributed by atoms with E-state index >= 15 is 0 Å². The highest BCUT2D eigenvalue weighted by Gasteiger charge is 2.16. The van der Waals surface area contributed by atoms with E-state index in [1.807, 2.05) is 13.1 Å². The summed E-state index contributed by atoms with van der Waals surface area (Å²) in [5, 5.41) is 10.4. The van der Waals surface area contributed by atoms with Crippen molar-refractivity contribution in [1.29, 1.82) is 0 Å². The van der Waals surface area contributed by atoms with Gasteiger partial charge in [0, 0.05) is 23.2 Å². The topological polar surface area (TPSA) is 23.5 Å². The first kappa shape index (κ1) is 13.3. The Morgan fingerprint density at radius 3 is 2.44 bits per heavy atom. The molecule has 1 atom stereocenters. The van der Waals surface area contributed by atoms with Crippen molar-refractivity contribution in [2.24, 2.45) is 5.92 Å². The Morgan fingerprint density at radius 2 is 1.94 bits per heavy atom. The molecule has 1 rings (SSSR count). The van der Waals surface area contributed by atoms with Crippen LogP contribution in [-0.2, 0) is 6.54 Å². The van der Waals surface area contributed by atoms with Gasteiger partial charge in [-0.15, -0.1) is 0 Å². The Balaban J connectivity index is 2.80. The van der Waals surface area contributed by atoms with Crippen molar-refractivity contribution in [3.8, 4) is 5.75 Å². The average Bonchev–Trinajstić information content (AvgIpc) is 2.22. The van der Waals surface area contributed by atoms with Gasteiger partial charge in [-0.2, -0.15) is 0 Å². The van der Waals surface area contributed by atoms with Crippen LogP contribution in [0, 0.1) is 5.92 Å². The van der Waals surface area contributed by atoms with Gasteiger partial charge >= 0.3 is 0 Å². The standard InChI is InChI=1S/C13H20ClNO/c1-9(2)10(3)15(4)8-11-12(14)6-5-7-13(11)16/h5-7,9-10,16H,8H2,1-4H3. The van der Waals surface area contributed by atoms with Crippen molar-refractivity contribution in [3.05, 3.63) is 28.8 Å². The third-order valence-electron chi connectivity index (χ3n) is 3.16. The summed E-state index contributed by atoms with van der Waals surface area (Å²) < 4.78 is 0. The number of hydrogen-bond donors (Lipinski definition) is 1. The summed E-state index contributed by atoms with van der Waals surface area (Å²) in [7, 11) is 2.05. The molecule has 0 radical (unpaired) electrons. The molecule has 1 aromatic carbocycles. The summed E-state index contributed by atoms with van der Waals surface area (Å²) in [5.74, 6) is 0.852. The number of aromatic hydroxyl groups is 1. The fourth-order valence-electron chi connectivity index (χ4n) is 1.61. The molecule has 1 aromatic rings. The van der Waals surface area contributed by atoms with Crippen LogP contribution in [0.4, 0.5) is 0 Å². The van der Waals surface area contributed by atoms with E-state index in [9.17, 15) is 5.11 Å². The number of nitrogens with zero attached hydrogens (tertiary/aromatic N) is 1. The van der Waals surface area contributed by atoms with Gasteiger partial charge in [0.15, 0.2) is 0 Å². The lowest BCUT2D eigenvalue weighted by molar-refractivity contribution is 0.198. The molecule has 0 aliphatic carbocycles. The smallest absolute Gasteiger partial charge is 0.121 e. The lowest BCUT2D eigenvalue weighted by atomic mass is 10.0. The minimum absolute atomic E-state index is 0.273. The normalized spacial score (nSPS) is 13.4. The van der Waals surface area contributed by atoms with Crippen LogP contribution < -0.4 is 0 Å². The molecule has 0 saturated carbocycles. The molecule has 0 aromatic heterocycles. The van der Waals surface area contributed by atoms with Crippen LogP contribution >= 0.6 is 11.6 Å². The van der Waals surface area contributed by atoms with E-state index in [0.29, 0.717) is 23.5 Å². The Morgan fingerprint density at radius 1 is 1.31 bits per heavy atom. The number of phenolic OH excluding ortho intramolecular Hbond substituents is 1. The van der Waals surface area contributed by atoms with Crippen LogP contribution in [0.15, 0.2) is 18.2 Å². The Hall–Kier alpha value is -0.730. The second-order valence-corrected chi connectivity index (χ2v) is 5.04. The summed E-state index contributed by atoms with van der Waals surface area (Å²) in [4.78, 5) is 2.20. The maximum absolute atomic E-state index is 9.75. The summed E-state index contributed by atoms with van der Waals surface area (Å²) >= 11 is 6.07. The molecule has 0 bridgehead atoms. The molecule has 1 unspecified atom stereocenters. The number of hydrogen-bond acceptors (Lipinski definition) is 2. The van der Waals surface area contributed by atoms with E-state index in [0.717, 1.165) is 5.56 Å². The van der Waals surface area contributed by atoms with E-state index in [1.165, 1.54) is 0 Å². The van der Waals surface area contributed by atoms with E-state index in [1.54, 1.807) is 12.1 Å². The van der Waals surface area contributed by atoms with E-state index in [2.05, 4.69) is 25.7 Å². The Bertz CT molecular complexity index is 332. The molecule has 2 nitrogen and oxygen atoms in total. The Labute approximate surface area is 103 Å². The predicted molar refractivity (Wildman–Crippen MR) is 68.9 cm³/mol. The van der Waals surface area contributed by atoms with Gasteiger partial charge < -0.3 is 5.11 Å². The van der Waals surface area contributed by atoms with Gasteiger partial charge in [-0.3, -0.25) is 4.90 Å². The minimum Gasteiger partial charge on any atom is -0.508 e. The van der Waals surface area contributed by atoms with Gasteiger partial charge in [-0.05, 0) is 32.0 Å². The molecule has 0 heterocycles. The second kappa shape index (κ2) is 5.55. The number of benzene rings is 1. The first-order chi connectivity index (χ1) is 7.43. The number of phenols is 1. The first-order valence-corrected chi connectivity index (χ1v) is 5.98. The quantitative estimate of drug-likeness (QED) is 0.872. The largest absolute Gasteiger partial charge is 0.508 e. The van der Waals surface area contributed by atoms with Gasteiger partial charge in [-0.25, -0.2) is 0 Å². The van der Waals surface area contributed by atoms with Gasteiger partial charge in [0.25, 0.3) is 0 Å². The molecular formula is C13H20ClNO. The Kier molecular flexibility index (Phi) is 4.63. The SMILES string of the molecule is CC(C)C(C)N(C)Cc1c(O)cccc1Cl. The van der Waals surface area contributed by atoms with Crippen LogP contribution in [0.5, 0.6) is 5.75 Å². The predicted octanol–water partition coefficient (Wildman–Crippen LogP) is 3.52. The molecule has 0 aliphatic heterocycles. The van der Waals surface area contributed by atoms with Gasteiger partial charge in [0.05, 0.1) is 0 Å². The summed E-state index contributed by atoms with van der Waals surface area (Å²) in [6.07, 6.45) is 0. The maximum atomic E-state index is 9.75. The molecule has 0 fully saturated rings. The van der Waals surface area contributed by atoms with Gasteiger partial charge in [-0.1, -0.05) is 31.5 Å². The second-order valence-electron chi connectivity index (χ2n) is 4.64. The first-order valence-electron chi connectivity index (χ1n) is 5.60. The summed E-state index contributed by atoms with van der Waals surface area (Å²) in [6.45, 7) is 7.23. The van der Waals surface area contributed by atoms with Gasteiger partial charge in [0.2, 0.25) is 0 Å². The van der Waals surface area contributed by atoms with Crippen LogP contribution in [0.25, 0.3) is 0 Å². The van der Waals surface area contributed by atoms with Crippen LogP contribution in [-0.4, -0.2) is 23.1 Å². The fourth-order valence-corrected chi connectivity index (χ4v) is 1.84. The number of halogens is 1. The van der Waals surface area contributed by atoms with Crippen molar-refractivity contribution >= 4 is 11.6 Å².